The van der Waals surface area contributed by atoms with Crippen molar-refractivity contribution in [3.8, 4) is 0 Å². The molecule has 0 fully saturated rings. The minimum atomic E-state index is -1.59. The molecule has 0 N–H and O–H groups in total. The molecule has 0 aromatic heterocycles. The molecule has 1 unspecified atom stereocenters. The van der Waals surface area contributed by atoms with E-state index in [9.17, 15) is 4.79 Å². The van der Waals surface area contributed by atoms with Gasteiger partial charge in [-0.25, -0.2) is 4.79 Å². The van der Waals surface area contributed by atoms with Gasteiger partial charge in [-0.05, 0) is 31.9 Å². The van der Waals surface area contributed by atoms with Gasteiger partial charge in [-0.1, -0.05) is 40.2 Å². The van der Waals surface area contributed by atoms with Gasteiger partial charge in [0.05, 0.1) is 15.2 Å². The first-order valence-corrected chi connectivity index (χ1v) is 12.2. The van der Waals surface area contributed by atoms with Crippen molar-refractivity contribution in [3.05, 3.63) is 12.2 Å². The van der Waals surface area contributed by atoms with Gasteiger partial charge in [0.25, 0.3) is 0 Å². The third kappa shape index (κ3) is 11.2. The van der Waals surface area contributed by atoms with Gasteiger partial charge in [0.1, 0.15) is 0 Å². The summed E-state index contributed by atoms with van der Waals surface area (Å²) in [7, 11) is -2.13. The van der Waals surface area contributed by atoms with E-state index in [1.54, 1.807) is 6.92 Å². The first kappa shape index (κ1) is 21.6. The lowest BCUT2D eigenvalue weighted by Gasteiger charge is -2.20. The minimum absolute atomic E-state index is 0.0729. The Kier molecular flexibility index (Phi) is 13.9. The SMILES string of the molecule is C=C(C)C(=O)OC(CC)[SiH2]C[SiH](OCCCC)OCCCC. The van der Waals surface area contributed by atoms with Crippen LogP contribution in [-0.2, 0) is 18.4 Å². The molecule has 0 aliphatic heterocycles. The number of carbonyl (C=O) groups excluding carboxylic acids is 1. The number of unbranched alkanes of at least 4 members (excludes halogenated alkanes) is 2. The predicted molar refractivity (Wildman–Crippen MR) is 97.2 cm³/mol. The first-order chi connectivity index (χ1) is 10.5. The summed E-state index contributed by atoms with van der Waals surface area (Å²) in [5, 5.41) is 0. The van der Waals surface area contributed by atoms with E-state index >= 15 is 0 Å². The van der Waals surface area contributed by atoms with Crippen molar-refractivity contribution in [1.82, 2.24) is 0 Å². The van der Waals surface area contributed by atoms with Crippen LogP contribution in [0.15, 0.2) is 12.2 Å². The van der Waals surface area contributed by atoms with Crippen molar-refractivity contribution >= 4 is 24.8 Å². The maximum Gasteiger partial charge on any atom is 0.333 e. The highest BCUT2D eigenvalue weighted by Gasteiger charge is 2.19. The first-order valence-electron chi connectivity index (χ1n) is 8.64. The second-order valence-corrected chi connectivity index (χ2v) is 11.0. The van der Waals surface area contributed by atoms with Gasteiger partial charge in [-0.2, -0.15) is 0 Å². The Balaban J connectivity index is 4.23. The van der Waals surface area contributed by atoms with Crippen molar-refractivity contribution in [2.45, 2.75) is 71.2 Å². The largest absolute Gasteiger partial charge is 0.464 e. The summed E-state index contributed by atoms with van der Waals surface area (Å²) < 4.78 is 17.4. The number of ether oxygens (including phenoxy) is 1. The smallest absolute Gasteiger partial charge is 0.333 e. The molecule has 0 aromatic carbocycles. The number of esters is 1. The van der Waals surface area contributed by atoms with Crippen molar-refractivity contribution in [2.24, 2.45) is 0 Å². The fraction of sp³-hybridized carbons (Fsp3) is 0.812. The summed E-state index contributed by atoms with van der Waals surface area (Å²) in [4.78, 5) is 11.6. The third-order valence-corrected chi connectivity index (χ3v) is 9.23. The average Bonchev–Trinajstić information content (AvgIpc) is 2.50. The summed E-state index contributed by atoms with van der Waals surface area (Å²) in [5.41, 5.74) is 1.57. The highest BCUT2D eigenvalue weighted by Crippen LogP contribution is 2.07. The molecule has 4 nitrogen and oxygen atoms in total. The molecule has 130 valence electrons. The van der Waals surface area contributed by atoms with Crippen LogP contribution < -0.4 is 0 Å². The van der Waals surface area contributed by atoms with Crippen LogP contribution in [-0.4, -0.2) is 43.7 Å². The number of carbonyl (C=O) groups is 1. The van der Waals surface area contributed by atoms with Crippen LogP contribution in [0.5, 0.6) is 0 Å². The summed E-state index contributed by atoms with van der Waals surface area (Å²) >= 11 is 0. The van der Waals surface area contributed by atoms with Crippen LogP contribution in [0.1, 0.15) is 59.8 Å². The van der Waals surface area contributed by atoms with Gasteiger partial charge in [0.15, 0.2) is 0 Å². The molecule has 0 rings (SSSR count). The second kappa shape index (κ2) is 14.2. The van der Waals surface area contributed by atoms with E-state index in [1.165, 1.54) is 0 Å². The highest BCUT2D eigenvalue weighted by atomic mass is 28.3. The normalized spacial score (nSPS) is 13.0. The number of rotatable bonds is 14. The molecule has 0 amide bonds. The summed E-state index contributed by atoms with van der Waals surface area (Å²) in [6, 6.07) is 0. The number of hydrogen-bond acceptors (Lipinski definition) is 4. The zero-order valence-corrected chi connectivity index (χ0v) is 17.4. The van der Waals surface area contributed by atoms with Crippen molar-refractivity contribution in [1.29, 1.82) is 0 Å². The molecule has 0 heterocycles. The Labute approximate surface area is 140 Å². The maximum absolute atomic E-state index is 11.6. The standard InChI is InChI=1S/C16H34O4Si2/c1-6-9-11-18-22(19-12-10-7-2)13-21-15(8-3)20-16(17)14(4)5/h15,22H,4,6-13,21H2,1-3,5H3. The van der Waals surface area contributed by atoms with Crippen molar-refractivity contribution in [3.63, 3.8) is 0 Å². The molecule has 6 heteroatoms. The Hall–Kier alpha value is -0.436. The van der Waals surface area contributed by atoms with E-state index in [-0.39, 0.29) is 11.7 Å². The lowest BCUT2D eigenvalue weighted by Crippen LogP contribution is -2.32. The Morgan fingerprint density at radius 3 is 2.09 bits per heavy atom. The highest BCUT2D eigenvalue weighted by molar-refractivity contribution is 6.61. The zero-order valence-electron chi connectivity index (χ0n) is 14.9. The van der Waals surface area contributed by atoms with E-state index in [4.69, 9.17) is 13.6 Å². The molecule has 0 saturated heterocycles. The summed E-state index contributed by atoms with van der Waals surface area (Å²) in [5.74, 6) is -0.267. The fourth-order valence-corrected chi connectivity index (χ4v) is 7.40. The zero-order chi connectivity index (χ0) is 16.8. The van der Waals surface area contributed by atoms with Crippen molar-refractivity contribution in [2.75, 3.05) is 13.2 Å². The molecular weight excluding hydrogens is 312 g/mol. The van der Waals surface area contributed by atoms with Gasteiger partial charge in [-0.15, -0.1) is 0 Å². The van der Waals surface area contributed by atoms with Crippen LogP contribution in [0.3, 0.4) is 0 Å². The van der Waals surface area contributed by atoms with Crippen LogP contribution in [0.2, 0.25) is 5.67 Å². The van der Waals surface area contributed by atoms with Crippen molar-refractivity contribution < 1.29 is 18.4 Å². The summed E-state index contributed by atoms with van der Waals surface area (Å²) in [6.45, 7) is 13.3. The topological polar surface area (TPSA) is 44.8 Å². The summed E-state index contributed by atoms with van der Waals surface area (Å²) in [6.07, 6.45) is 5.33. The second-order valence-electron chi connectivity index (χ2n) is 5.67. The molecule has 0 aliphatic carbocycles. The monoisotopic (exact) mass is 346 g/mol. The van der Waals surface area contributed by atoms with Crippen LogP contribution >= 0.6 is 0 Å². The fourth-order valence-electron chi connectivity index (χ4n) is 1.85. The quantitative estimate of drug-likeness (QED) is 0.210. The molecule has 0 aromatic rings. The molecule has 0 spiro atoms. The lowest BCUT2D eigenvalue weighted by molar-refractivity contribution is -0.140. The van der Waals surface area contributed by atoms with E-state index in [0.29, 0.717) is 5.57 Å². The van der Waals surface area contributed by atoms with E-state index in [0.717, 1.165) is 51.0 Å². The predicted octanol–water partition coefficient (Wildman–Crippen LogP) is 2.82. The molecular formula is C16H34O4Si2. The minimum Gasteiger partial charge on any atom is -0.464 e. The Morgan fingerprint density at radius 2 is 1.68 bits per heavy atom. The van der Waals surface area contributed by atoms with Gasteiger partial charge in [-0.3, -0.25) is 0 Å². The lowest BCUT2D eigenvalue weighted by atomic mass is 10.4. The average molecular weight is 347 g/mol. The van der Waals surface area contributed by atoms with E-state index in [2.05, 4.69) is 27.4 Å². The Morgan fingerprint density at radius 1 is 1.14 bits per heavy atom. The number of hydrogen-bond donors (Lipinski definition) is 0. The van der Waals surface area contributed by atoms with Gasteiger partial charge < -0.3 is 13.6 Å². The van der Waals surface area contributed by atoms with Crippen LogP contribution in [0.25, 0.3) is 0 Å². The molecule has 0 bridgehead atoms. The molecule has 22 heavy (non-hydrogen) atoms. The molecule has 1 atom stereocenters. The van der Waals surface area contributed by atoms with E-state index in [1.807, 2.05) is 0 Å². The molecule has 0 saturated carbocycles. The van der Waals surface area contributed by atoms with Gasteiger partial charge in [0.2, 0.25) is 0 Å². The molecule has 0 aliphatic rings. The van der Waals surface area contributed by atoms with Gasteiger partial charge >= 0.3 is 15.3 Å². The van der Waals surface area contributed by atoms with Crippen LogP contribution in [0.4, 0.5) is 0 Å². The van der Waals surface area contributed by atoms with Gasteiger partial charge in [0, 0.05) is 18.8 Å². The van der Waals surface area contributed by atoms with E-state index < -0.39 is 18.8 Å². The Bertz CT molecular complexity index is 301. The maximum atomic E-state index is 11.6. The third-order valence-electron chi connectivity index (χ3n) is 3.41. The van der Waals surface area contributed by atoms with Crippen LogP contribution in [0, 0.1) is 0 Å². The molecule has 0 radical (unpaired) electrons.